The highest BCUT2D eigenvalue weighted by Crippen LogP contribution is 2.27. The van der Waals surface area contributed by atoms with Crippen LogP contribution in [0.25, 0.3) is 0 Å². The van der Waals surface area contributed by atoms with Gasteiger partial charge in [-0.25, -0.2) is 4.98 Å². The number of hydrogen-bond donors (Lipinski definition) is 2. The predicted octanol–water partition coefficient (Wildman–Crippen LogP) is 3.08. The molecule has 2 N–H and O–H groups in total. The van der Waals surface area contributed by atoms with E-state index < -0.39 is 0 Å². The number of methoxy groups -OCH3 is 2. The second-order valence-electron chi connectivity index (χ2n) is 6.30. The monoisotopic (exact) mass is 392 g/mol. The van der Waals surface area contributed by atoms with E-state index in [0.717, 1.165) is 11.1 Å². The van der Waals surface area contributed by atoms with Crippen molar-refractivity contribution in [3.05, 3.63) is 77.7 Å². The minimum absolute atomic E-state index is 0.171. The van der Waals surface area contributed by atoms with Crippen LogP contribution < -0.4 is 20.1 Å². The second kappa shape index (κ2) is 10.1. The molecule has 0 aliphatic rings. The van der Waals surface area contributed by atoms with Crippen LogP contribution >= 0.6 is 0 Å². The van der Waals surface area contributed by atoms with Gasteiger partial charge in [0.15, 0.2) is 11.5 Å². The van der Waals surface area contributed by atoms with Gasteiger partial charge in [-0.15, -0.1) is 0 Å². The first-order valence-electron chi connectivity index (χ1n) is 9.28. The Morgan fingerprint density at radius 3 is 2.52 bits per heavy atom. The lowest BCUT2D eigenvalue weighted by molar-refractivity contribution is 0.0954. The highest BCUT2D eigenvalue weighted by Gasteiger charge is 2.12. The van der Waals surface area contributed by atoms with Crippen LogP contribution in [0.2, 0.25) is 0 Å². The predicted molar refractivity (Wildman–Crippen MR) is 111 cm³/mol. The molecule has 7 heteroatoms. The molecule has 0 aliphatic carbocycles. The lowest BCUT2D eigenvalue weighted by atomic mass is 10.1. The molecule has 2 heterocycles. The number of nitrogens with zero attached hydrogens (tertiary/aromatic N) is 2. The average Bonchev–Trinajstić information content (AvgIpc) is 2.78. The van der Waals surface area contributed by atoms with Gasteiger partial charge < -0.3 is 20.1 Å². The van der Waals surface area contributed by atoms with Crippen molar-refractivity contribution in [2.24, 2.45) is 0 Å². The van der Waals surface area contributed by atoms with E-state index in [1.807, 2.05) is 30.3 Å². The molecule has 0 fully saturated rings. The molecule has 3 aromatic rings. The van der Waals surface area contributed by atoms with E-state index in [9.17, 15) is 4.79 Å². The minimum Gasteiger partial charge on any atom is -0.493 e. The molecule has 1 amide bonds. The molecule has 0 aliphatic heterocycles. The van der Waals surface area contributed by atoms with E-state index in [0.29, 0.717) is 42.4 Å². The van der Waals surface area contributed by atoms with Gasteiger partial charge >= 0.3 is 0 Å². The molecule has 0 atom stereocenters. The highest BCUT2D eigenvalue weighted by atomic mass is 16.5. The lowest BCUT2D eigenvalue weighted by Gasteiger charge is -2.12. The van der Waals surface area contributed by atoms with Crippen LogP contribution in [0.1, 0.15) is 21.5 Å². The van der Waals surface area contributed by atoms with Crippen molar-refractivity contribution in [1.29, 1.82) is 0 Å². The van der Waals surface area contributed by atoms with Gasteiger partial charge in [0.25, 0.3) is 5.91 Å². The number of hydrogen-bond acceptors (Lipinski definition) is 6. The Labute approximate surface area is 170 Å². The van der Waals surface area contributed by atoms with E-state index in [1.165, 1.54) is 0 Å². The molecule has 150 valence electrons. The Bertz CT molecular complexity index is 948. The minimum atomic E-state index is -0.171. The van der Waals surface area contributed by atoms with Crippen LogP contribution in [0, 0.1) is 0 Å². The normalized spacial score (nSPS) is 10.3. The van der Waals surface area contributed by atoms with E-state index in [2.05, 4.69) is 20.6 Å². The van der Waals surface area contributed by atoms with E-state index in [-0.39, 0.29) is 5.91 Å². The summed E-state index contributed by atoms with van der Waals surface area (Å²) in [6.07, 6.45) is 5.80. The Kier molecular flexibility index (Phi) is 7.00. The lowest BCUT2D eigenvalue weighted by Crippen LogP contribution is -2.26. The van der Waals surface area contributed by atoms with Crippen LogP contribution in [-0.2, 0) is 13.0 Å². The zero-order valence-electron chi connectivity index (χ0n) is 16.5. The van der Waals surface area contributed by atoms with Crippen LogP contribution in [0.5, 0.6) is 11.5 Å². The number of amides is 1. The standard InChI is InChI=1S/C22H24N4O3/c1-28-19-6-5-16(14-20(19)29-2)9-13-25-22(27)18-4-3-10-24-21(18)26-15-17-7-11-23-12-8-17/h3-8,10-12,14H,9,13,15H2,1-2H3,(H,24,26)(H,25,27). The van der Waals surface area contributed by atoms with Crippen LogP contribution in [0.3, 0.4) is 0 Å². The van der Waals surface area contributed by atoms with Gasteiger partial charge in [0.05, 0.1) is 19.8 Å². The molecular weight excluding hydrogens is 368 g/mol. The quantitative estimate of drug-likeness (QED) is 0.582. The Morgan fingerprint density at radius 1 is 0.966 bits per heavy atom. The summed E-state index contributed by atoms with van der Waals surface area (Å²) in [5.41, 5.74) is 2.62. The van der Waals surface area contributed by atoms with Gasteiger partial charge in [-0.3, -0.25) is 9.78 Å². The van der Waals surface area contributed by atoms with E-state index in [1.54, 1.807) is 44.9 Å². The first-order valence-corrected chi connectivity index (χ1v) is 9.28. The molecule has 2 aromatic heterocycles. The summed E-state index contributed by atoms with van der Waals surface area (Å²) in [6, 6.07) is 13.1. The third-order valence-electron chi connectivity index (χ3n) is 4.41. The highest BCUT2D eigenvalue weighted by molar-refractivity contribution is 5.98. The number of anilines is 1. The van der Waals surface area contributed by atoms with Crippen LogP contribution in [0.4, 0.5) is 5.82 Å². The number of aromatic nitrogens is 2. The largest absolute Gasteiger partial charge is 0.493 e. The third-order valence-corrected chi connectivity index (χ3v) is 4.41. The van der Waals surface area contributed by atoms with Crippen molar-refractivity contribution in [3.8, 4) is 11.5 Å². The molecule has 0 saturated carbocycles. The zero-order chi connectivity index (χ0) is 20.5. The Morgan fingerprint density at radius 2 is 1.76 bits per heavy atom. The van der Waals surface area contributed by atoms with Crippen molar-refractivity contribution in [3.63, 3.8) is 0 Å². The topological polar surface area (TPSA) is 85.4 Å². The molecule has 0 saturated heterocycles. The first kappa shape index (κ1) is 20.1. The molecule has 3 rings (SSSR count). The number of benzene rings is 1. The molecule has 29 heavy (non-hydrogen) atoms. The summed E-state index contributed by atoms with van der Waals surface area (Å²) in [5.74, 6) is 1.73. The van der Waals surface area contributed by atoms with Crippen LogP contribution in [-0.4, -0.2) is 36.6 Å². The number of carbonyl (C=O) groups is 1. The molecule has 1 aromatic carbocycles. The van der Waals surface area contributed by atoms with Gasteiger partial charge in [-0.2, -0.15) is 0 Å². The number of carbonyl (C=O) groups excluding carboxylic acids is 1. The Hall–Kier alpha value is -3.61. The molecule has 0 bridgehead atoms. The fraction of sp³-hybridized carbons (Fsp3) is 0.227. The summed E-state index contributed by atoms with van der Waals surface area (Å²) < 4.78 is 10.6. The smallest absolute Gasteiger partial charge is 0.255 e. The van der Waals surface area contributed by atoms with Gasteiger partial charge in [0.1, 0.15) is 5.82 Å². The molecule has 0 radical (unpaired) electrons. The molecule has 7 nitrogen and oxygen atoms in total. The van der Waals surface area contributed by atoms with Crippen molar-refractivity contribution in [2.75, 3.05) is 26.1 Å². The third kappa shape index (κ3) is 5.44. The fourth-order valence-corrected chi connectivity index (χ4v) is 2.87. The van der Waals surface area contributed by atoms with Gasteiger partial charge in [0, 0.05) is 31.7 Å². The SMILES string of the molecule is COc1ccc(CCNC(=O)c2cccnc2NCc2ccncc2)cc1OC. The van der Waals surface area contributed by atoms with Crippen molar-refractivity contribution in [2.45, 2.75) is 13.0 Å². The average molecular weight is 392 g/mol. The molecule has 0 spiro atoms. The van der Waals surface area contributed by atoms with Gasteiger partial charge in [-0.05, 0) is 53.9 Å². The second-order valence-corrected chi connectivity index (χ2v) is 6.30. The number of rotatable bonds is 9. The van der Waals surface area contributed by atoms with Gasteiger partial charge in [0.2, 0.25) is 0 Å². The van der Waals surface area contributed by atoms with Gasteiger partial charge in [-0.1, -0.05) is 6.07 Å². The maximum atomic E-state index is 12.6. The molecule has 0 unspecified atom stereocenters. The maximum Gasteiger partial charge on any atom is 0.255 e. The Balaban J connectivity index is 1.58. The zero-order valence-corrected chi connectivity index (χ0v) is 16.5. The fourth-order valence-electron chi connectivity index (χ4n) is 2.87. The number of ether oxygens (including phenoxy) is 2. The number of nitrogens with one attached hydrogen (secondary N) is 2. The van der Waals surface area contributed by atoms with E-state index in [4.69, 9.17) is 9.47 Å². The summed E-state index contributed by atoms with van der Waals surface area (Å²) in [6.45, 7) is 1.05. The summed E-state index contributed by atoms with van der Waals surface area (Å²) in [4.78, 5) is 21.0. The van der Waals surface area contributed by atoms with Crippen molar-refractivity contribution < 1.29 is 14.3 Å². The van der Waals surface area contributed by atoms with Crippen LogP contribution in [0.15, 0.2) is 61.1 Å². The van der Waals surface area contributed by atoms with Crippen molar-refractivity contribution in [1.82, 2.24) is 15.3 Å². The van der Waals surface area contributed by atoms with E-state index >= 15 is 0 Å². The number of pyridine rings is 2. The molecular formula is C22H24N4O3. The summed E-state index contributed by atoms with van der Waals surface area (Å²) in [5, 5.41) is 6.17. The summed E-state index contributed by atoms with van der Waals surface area (Å²) in [7, 11) is 3.21. The van der Waals surface area contributed by atoms with Crippen molar-refractivity contribution >= 4 is 11.7 Å². The maximum absolute atomic E-state index is 12.6. The first-order chi connectivity index (χ1) is 14.2. The summed E-state index contributed by atoms with van der Waals surface area (Å²) >= 11 is 0.